The molecule has 1 N–H and O–H groups in total. The van der Waals surface area contributed by atoms with E-state index in [1.165, 1.54) is 18.2 Å². The number of phenols is 1. The first-order valence-electron chi connectivity index (χ1n) is 4.80. The molecule has 1 heterocycles. The van der Waals surface area contributed by atoms with Crippen LogP contribution in [0.15, 0.2) is 28.8 Å². The van der Waals surface area contributed by atoms with Crippen molar-refractivity contribution in [3.05, 3.63) is 30.2 Å². The van der Waals surface area contributed by atoms with Crippen molar-refractivity contribution < 1.29 is 31.6 Å². The van der Waals surface area contributed by atoms with Crippen LogP contribution in [0.25, 0.3) is 11.4 Å². The maximum absolute atomic E-state index is 12.9. The average molecular weight is 280 g/mol. The molecule has 0 unspecified atom stereocenters. The number of aromatic nitrogens is 2. The van der Waals surface area contributed by atoms with Gasteiger partial charge in [0.15, 0.2) is 0 Å². The summed E-state index contributed by atoms with van der Waals surface area (Å²) in [6, 6.07) is 5.05. The zero-order chi connectivity index (χ0) is 14.3. The number of alkyl halides is 5. The third-order valence-corrected chi connectivity index (χ3v) is 2.16. The lowest BCUT2D eigenvalue weighted by molar-refractivity contribution is -0.298. The number of hydrogen-bond acceptors (Lipinski definition) is 4. The van der Waals surface area contributed by atoms with E-state index >= 15 is 0 Å². The van der Waals surface area contributed by atoms with Crippen molar-refractivity contribution in [3.63, 3.8) is 0 Å². The van der Waals surface area contributed by atoms with Crippen LogP contribution in [0, 0.1) is 0 Å². The van der Waals surface area contributed by atoms with Crippen LogP contribution in [0.2, 0.25) is 0 Å². The van der Waals surface area contributed by atoms with E-state index in [1.807, 2.05) is 0 Å². The molecule has 0 atom stereocenters. The fourth-order valence-electron chi connectivity index (χ4n) is 1.23. The van der Waals surface area contributed by atoms with Crippen LogP contribution in [-0.4, -0.2) is 21.4 Å². The summed E-state index contributed by atoms with van der Waals surface area (Å²) in [5.41, 5.74) is 0.0491. The Bertz CT molecular complexity index is 594. The van der Waals surface area contributed by atoms with Gasteiger partial charge in [0.05, 0.1) is 0 Å². The molecule has 0 amide bonds. The van der Waals surface area contributed by atoms with Gasteiger partial charge < -0.3 is 9.63 Å². The molecule has 0 spiro atoms. The van der Waals surface area contributed by atoms with Crippen molar-refractivity contribution >= 4 is 0 Å². The fraction of sp³-hybridized carbons (Fsp3) is 0.200. The summed E-state index contributed by atoms with van der Waals surface area (Å²) in [7, 11) is 0. The molecule has 19 heavy (non-hydrogen) atoms. The quantitative estimate of drug-likeness (QED) is 0.859. The summed E-state index contributed by atoms with van der Waals surface area (Å²) in [6.45, 7) is 0. The Hall–Kier alpha value is -2.19. The number of rotatable bonds is 2. The highest BCUT2D eigenvalue weighted by molar-refractivity contribution is 5.56. The van der Waals surface area contributed by atoms with E-state index in [4.69, 9.17) is 5.11 Å². The van der Waals surface area contributed by atoms with Crippen molar-refractivity contribution in [2.24, 2.45) is 0 Å². The van der Waals surface area contributed by atoms with Gasteiger partial charge in [0, 0.05) is 5.56 Å². The van der Waals surface area contributed by atoms with E-state index in [0.717, 1.165) is 6.07 Å². The molecular formula is C10H5F5N2O2. The zero-order valence-electron chi connectivity index (χ0n) is 8.95. The van der Waals surface area contributed by atoms with Gasteiger partial charge in [-0.15, -0.1) is 0 Å². The summed E-state index contributed by atoms with van der Waals surface area (Å²) in [5, 5.41) is 12.2. The summed E-state index contributed by atoms with van der Waals surface area (Å²) >= 11 is 0. The first-order valence-corrected chi connectivity index (χ1v) is 4.80. The summed E-state index contributed by atoms with van der Waals surface area (Å²) < 4.78 is 66.0. The highest BCUT2D eigenvalue weighted by Gasteiger charge is 2.63. The SMILES string of the molecule is Oc1cccc(-c2noc(C(F)(F)C(F)(F)F)n2)c1. The Kier molecular flexibility index (Phi) is 2.91. The third kappa shape index (κ3) is 2.35. The van der Waals surface area contributed by atoms with Crippen molar-refractivity contribution in [3.8, 4) is 17.1 Å². The highest BCUT2D eigenvalue weighted by Crippen LogP contribution is 2.43. The molecule has 2 rings (SSSR count). The predicted octanol–water partition coefficient (Wildman–Crippen LogP) is 3.10. The maximum Gasteiger partial charge on any atom is 0.463 e. The number of hydrogen-bond donors (Lipinski definition) is 1. The van der Waals surface area contributed by atoms with Crippen LogP contribution < -0.4 is 0 Å². The van der Waals surface area contributed by atoms with Gasteiger partial charge in [0.2, 0.25) is 5.82 Å². The monoisotopic (exact) mass is 280 g/mol. The minimum Gasteiger partial charge on any atom is -0.508 e. The molecule has 1 aromatic heterocycles. The van der Waals surface area contributed by atoms with Crippen LogP contribution in [0.1, 0.15) is 5.89 Å². The number of halogens is 5. The van der Waals surface area contributed by atoms with Gasteiger partial charge in [-0.2, -0.15) is 26.9 Å². The summed E-state index contributed by atoms with van der Waals surface area (Å²) in [6.07, 6.45) is -5.82. The lowest BCUT2D eigenvalue weighted by atomic mass is 10.2. The standard InChI is InChI=1S/C10H5F5N2O2/c11-9(12,10(13,14)15)8-16-7(17-19-8)5-2-1-3-6(18)4-5/h1-4,18H. The molecule has 0 saturated heterocycles. The Morgan fingerprint density at radius 3 is 2.37 bits per heavy atom. The van der Waals surface area contributed by atoms with Gasteiger partial charge >= 0.3 is 18.0 Å². The maximum atomic E-state index is 12.9. The van der Waals surface area contributed by atoms with E-state index in [0.29, 0.717) is 0 Å². The first-order chi connectivity index (χ1) is 8.72. The molecule has 102 valence electrons. The van der Waals surface area contributed by atoms with E-state index in [2.05, 4.69) is 14.7 Å². The Labute approximate surface area is 102 Å². The second-order valence-corrected chi connectivity index (χ2v) is 3.55. The predicted molar refractivity (Wildman–Crippen MR) is 51.3 cm³/mol. The molecule has 0 aliphatic heterocycles. The van der Waals surface area contributed by atoms with Crippen molar-refractivity contribution in [2.75, 3.05) is 0 Å². The third-order valence-electron chi connectivity index (χ3n) is 2.16. The molecule has 0 fully saturated rings. The first kappa shape index (κ1) is 13.2. The zero-order valence-corrected chi connectivity index (χ0v) is 8.95. The van der Waals surface area contributed by atoms with Gasteiger partial charge in [-0.1, -0.05) is 17.3 Å². The number of benzene rings is 1. The molecule has 2 aromatic rings. The number of nitrogens with zero attached hydrogens (tertiary/aromatic N) is 2. The van der Waals surface area contributed by atoms with E-state index in [1.54, 1.807) is 0 Å². The normalized spacial score (nSPS) is 12.7. The largest absolute Gasteiger partial charge is 0.508 e. The van der Waals surface area contributed by atoms with Gasteiger partial charge in [-0.25, -0.2) is 0 Å². The van der Waals surface area contributed by atoms with Gasteiger partial charge in [-0.3, -0.25) is 0 Å². The van der Waals surface area contributed by atoms with E-state index < -0.39 is 23.8 Å². The highest BCUT2D eigenvalue weighted by atomic mass is 19.4. The molecule has 1 aromatic carbocycles. The lowest BCUT2D eigenvalue weighted by Gasteiger charge is -2.14. The second-order valence-electron chi connectivity index (χ2n) is 3.55. The molecule has 0 radical (unpaired) electrons. The topological polar surface area (TPSA) is 59.2 Å². The second kappa shape index (κ2) is 4.18. The molecule has 9 heteroatoms. The summed E-state index contributed by atoms with van der Waals surface area (Å²) in [4.78, 5) is 3.00. The molecule has 0 aliphatic carbocycles. The number of phenolic OH excluding ortho intramolecular Hbond substituents is 1. The van der Waals surface area contributed by atoms with Crippen LogP contribution in [0.5, 0.6) is 5.75 Å². The Morgan fingerprint density at radius 1 is 1.11 bits per heavy atom. The molecule has 4 nitrogen and oxygen atoms in total. The van der Waals surface area contributed by atoms with Crippen molar-refractivity contribution in [1.29, 1.82) is 0 Å². The van der Waals surface area contributed by atoms with E-state index in [9.17, 15) is 22.0 Å². The Morgan fingerprint density at radius 2 is 1.79 bits per heavy atom. The van der Waals surface area contributed by atoms with Crippen LogP contribution in [0.4, 0.5) is 22.0 Å². The molecule has 0 saturated carbocycles. The van der Waals surface area contributed by atoms with Crippen molar-refractivity contribution in [2.45, 2.75) is 12.1 Å². The lowest BCUT2D eigenvalue weighted by Crippen LogP contribution is -2.33. The van der Waals surface area contributed by atoms with Gasteiger partial charge in [-0.05, 0) is 12.1 Å². The van der Waals surface area contributed by atoms with Crippen LogP contribution >= 0.6 is 0 Å². The van der Waals surface area contributed by atoms with Gasteiger partial charge in [0.1, 0.15) is 5.75 Å². The minimum absolute atomic E-state index is 0.0491. The molecular weight excluding hydrogens is 275 g/mol. The van der Waals surface area contributed by atoms with E-state index in [-0.39, 0.29) is 11.3 Å². The number of aromatic hydroxyl groups is 1. The van der Waals surface area contributed by atoms with Crippen molar-refractivity contribution in [1.82, 2.24) is 10.1 Å². The molecule has 0 bridgehead atoms. The summed E-state index contributed by atoms with van der Waals surface area (Å²) in [5.74, 6) is -7.77. The minimum atomic E-state index is -5.82. The fourth-order valence-corrected chi connectivity index (χ4v) is 1.23. The smallest absolute Gasteiger partial charge is 0.463 e. The van der Waals surface area contributed by atoms with Crippen LogP contribution in [0.3, 0.4) is 0 Å². The Balaban J connectivity index is 2.40. The van der Waals surface area contributed by atoms with Crippen LogP contribution in [-0.2, 0) is 5.92 Å². The average Bonchev–Trinajstić information content (AvgIpc) is 2.77. The van der Waals surface area contributed by atoms with Gasteiger partial charge in [0.25, 0.3) is 0 Å². The molecule has 0 aliphatic rings.